The van der Waals surface area contributed by atoms with Crippen LogP contribution in [0.1, 0.15) is 0 Å². The number of para-hydroxylation sites is 1. The number of rotatable bonds is 3. The van der Waals surface area contributed by atoms with Gasteiger partial charge < -0.3 is 14.8 Å². The number of phenolic OH excluding ortho intramolecular Hbond substituents is 1. The highest BCUT2D eigenvalue weighted by Gasteiger charge is 2.25. The molecule has 0 saturated heterocycles. The number of nitrogens with zero attached hydrogens (tertiary/aromatic N) is 1. The van der Waals surface area contributed by atoms with Crippen molar-refractivity contribution in [3.8, 4) is 5.75 Å². The zero-order valence-electron chi connectivity index (χ0n) is 11.7. The fourth-order valence-electron chi connectivity index (χ4n) is 2.21. The lowest BCUT2D eigenvalue weighted by Crippen LogP contribution is -2.10. The van der Waals surface area contributed by atoms with E-state index in [9.17, 15) is 20.0 Å². The standard InChI is InChI=1S/C15H8Br2N2O5/c16-9-5-7(6-10(17)14(9)20)18-12-8-3-1-2-4-11(8)24-15(21)13(12)19(22)23/h1-6,18,20H. The van der Waals surface area contributed by atoms with Gasteiger partial charge in [-0.2, -0.15) is 0 Å². The summed E-state index contributed by atoms with van der Waals surface area (Å²) in [4.78, 5) is 22.5. The van der Waals surface area contributed by atoms with Gasteiger partial charge in [0, 0.05) is 11.1 Å². The molecule has 7 nitrogen and oxygen atoms in total. The van der Waals surface area contributed by atoms with E-state index >= 15 is 0 Å². The van der Waals surface area contributed by atoms with Gasteiger partial charge in [0.2, 0.25) is 0 Å². The van der Waals surface area contributed by atoms with Gasteiger partial charge in [0.15, 0.2) is 0 Å². The van der Waals surface area contributed by atoms with Crippen molar-refractivity contribution >= 4 is 59.9 Å². The molecule has 0 aliphatic heterocycles. The molecular weight excluding hydrogens is 448 g/mol. The number of hydrogen-bond acceptors (Lipinski definition) is 6. The lowest BCUT2D eigenvalue weighted by Gasteiger charge is -2.11. The molecule has 0 radical (unpaired) electrons. The number of aromatic hydroxyl groups is 1. The van der Waals surface area contributed by atoms with E-state index in [0.29, 0.717) is 20.0 Å². The smallest absolute Gasteiger partial charge is 0.417 e. The maximum absolute atomic E-state index is 12.0. The second kappa shape index (κ2) is 6.25. The summed E-state index contributed by atoms with van der Waals surface area (Å²) in [6.07, 6.45) is 0. The lowest BCUT2D eigenvalue weighted by molar-refractivity contribution is -0.386. The minimum absolute atomic E-state index is 0.00696. The van der Waals surface area contributed by atoms with Gasteiger partial charge in [-0.05, 0) is 56.1 Å². The van der Waals surface area contributed by atoms with Crippen molar-refractivity contribution in [3.63, 3.8) is 0 Å². The summed E-state index contributed by atoms with van der Waals surface area (Å²) in [5.74, 6) is -0.00696. The summed E-state index contributed by atoms with van der Waals surface area (Å²) in [7, 11) is 0. The Bertz CT molecular complexity index is 1010. The molecule has 0 atom stereocenters. The van der Waals surface area contributed by atoms with Gasteiger partial charge in [0.05, 0.1) is 13.9 Å². The molecule has 0 spiro atoms. The minimum Gasteiger partial charge on any atom is -0.506 e. The average Bonchev–Trinajstić information content (AvgIpc) is 2.52. The Morgan fingerprint density at radius 1 is 1.17 bits per heavy atom. The van der Waals surface area contributed by atoms with Crippen molar-refractivity contribution in [3.05, 3.63) is 65.9 Å². The van der Waals surface area contributed by atoms with Crippen molar-refractivity contribution in [2.24, 2.45) is 0 Å². The van der Waals surface area contributed by atoms with Gasteiger partial charge in [0.1, 0.15) is 17.0 Å². The first-order valence-electron chi connectivity index (χ1n) is 6.53. The predicted molar refractivity (Wildman–Crippen MR) is 95.9 cm³/mol. The SMILES string of the molecule is O=c1oc2ccccc2c(Nc2cc(Br)c(O)c(Br)c2)c1[N+](=O)[O-]. The number of nitro groups is 1. The Hall–Kier alpha value is -2.39. The minimum atomic E-state index is -1.04. The monoisotopic (exact) mass is 454 g/mol. The summed E-state index contributed by atoms with van der Waals surface area (Å²) in [6.45, 7) is 0. The molecule has 0 bridgehead atoms. The van der Waals surface area contributed by atoms with Crippen LogP contribution in [0.5, 0.6) is 5.75 Å². The van der Waals surface area contributed by atoms with Crippen molar-refractivity contribution in [1.82, 2.24) is 0 Å². The fraction of sp³-hybridized carbons (Fsp3) is 0. The second-order valence-corrected chi connectivity index (χ2v) is 6.49. The van der Waals surface area contributed by atoms with Crippen LogP contribution >= 0.6 is 31.9 Å². The van der Waals surface area contributed by atoms with Crippen LogP contribution in [-0.2, 0) is 0 Å². The lowest BCUT2D eigenvalue weighted by atomic mass is 10.1. The molecule has 0 fully saturated rings. The van der Waals surface area contributed by atoms with E-state index in [-0.39, 0.29) is 17.0 Å². The molecule has 0 amide bonds. The van der Waals surface area contributed by atoms with Crippen LogP contribution in [0.4, 0.5) is 17.1 Å². The molecule has 0 saturated carbocycles. The maximum Gasteiger partial charge on any atom is 0.417 e. The van der Waals surface area contributed by atoms with Gasteiger partial charge in [-0.15, -0.1) is 0 Å². The van der Waals surface area contributed by atoms with E-state index in [4.69, 9.17) is 4.42 Å². The van der Waals surface area contributed by atoms with Crippen molar-refractivity contribution < 1.29 is 14.4 Å². The summed E-state index contributed by atoms with van der Waals surface area (Å²) < 4.78 is 5.77. The summed E-state index contributed by atoms with van der Waals surface area (Å²) in [5, 5.41) is 24.3. The number of benzene rings is 2. The van der Waals surface area contributed by atoms with E-state index in [1.54, 1.807) is 24.3 Å². The van der Waals surface area contributed by atoms with Gasteiger partial charge in [-0.25, -0.2) is 4.79 Å². The van der Waals surface area contributed by atoms with Crippen LogP contribution in [0.15, 0.2) is 54.6 Å². The first kappa shape index (κ1) is 16.5. The van der Waals surface area contributed by atoms with Crippen LogP contribution in [0, 0.1) is 10.1 Å². The highest BCUT2D eigenvalue weighted by atomic mass is 79.9. The van der Waals surface area contributed by atoms with Crippen LogP contribution in [0.3, 0.4) is 0 Å². The van der Waals surface area contributed by atoms with Crippen molar-refractivity contribution in [2.45, 2.75) is 0 Å². The Morgan fingerprint density at radius 3 is 2.42 bits per heavy atom. The second-order valence-electron chi connectivity index (χ2n) is 4.78. The van der Waals surface area contributed by atoms with Gasteiger partial charge >= 0.3 is 11.3 Å². The first-order chi connectivity index (χ1) is 11.4. The third-order valence-electron chi connectivity index (χ3n) is 3.26. The molecule has 9 heteroatoms. The Morgan fingerprint density at radius 2 is 1.79 bits per heavy atom. The summed E-state index contributed by atoms with van der Waals surface area (Å²) in [6, 6.07) is 9.57. The summed E-state index contributed by atoms with van der Waals surface area (Å²) >= 11 is 6.38. The first-order valence-corrected chi connectivity index (χ1v) is 8.12. The van der Waals surface area contributed by atoms with Gasteiger partial charge in [0.25, 0.3) is 0 Å². The van der Waals surface area contributed by atoms with Crippen molar-refractivity contribution in [2.75, 3.05) is 5.32 Å². The zero-order chi connectivity index (χ0) is 17.4. The van der Waals surface area contributed by atoms with E-state index in [1.165, 1.54) is 12.1 Å². The number of nitrogens with one attached hydrogen (secondary N) is 1. The Balaban J connectivity index is 2.27. The molecule has 0 aliphatic carbocycles. The Kier molecular flexibility index (Phi) is 4.29. The molecule has 0 unspecified atom stereocenters. The average molecular weight is 456 g/mol. The molecule has 3 rings (SSSR count). The predicted octanol–water partition coefficient (Wildman–Crippen LogP) is 4.68. The number of hydrogen-bond donors (Lipinski definition) is 2. The van der Waals surface area contributed by atoms with Crippen LogP contribution < -0.4 is 10.9 Å². The third-order valence-corrected chi connectivity index (χ3v) is 4.47. The highest BCUT2D eigenvalue weighted by molar-refractivity contribution is 9.11. The number of phenols is 1. The van der Waals surface area contributed by atoms with Crippen LogP contribution in [0.25, 0.3) is 11.0 Å². The molecule has 0 aliphatic rings. The van der Waals surface area contributed by atoms with Crippen LogP contribution in [-0.4, -0.2) is 10.0 Å². The van der Waals surface area contributed by atoms with Gasteiger partial charge in [-0.3, -0.25) is 10.1 Å². The number of fused-ring (bicyclic) bond motifs is 1. The topological polar surface area (TPSA) is 106 Å². The largest absolute Gasteiger partial charge is 0.506 e. The molecular formula is C15H8Br2N2O5. The molecule has 1 aromatic heterocycles. The van der Waals surface area contributed by atoms with E-state index in [2.05, 4.69) is 37.2 Å². The summed E-state index contributed by atoms with van der Waals surface area (Å²) in [5.41, 5.74) is -1.04. The molecule has 2 N–H and O–H groups in total. The zero-order valence-corrected chi connectivity index (χ0v) is 14.9. The molecule has 1 heterocycles. The highest BCUT2D eigenvalue weighted by Crippen LogP contribution is 2.38. The third kappa shape index (κ3) is 2.87. The van der Waals surface area contributed by atoms with E-state index in [0.717, 1.165) is 0 Å². The molecule has 24 heavy (non-hydrogen) atoms. The molecule has 3 aromatic rings. The molecule has 2 aromatic carbocycles. The quantitative estimate of drug-likeness (QED) is 0.257. The fourth-order valence-corrected chi connectivity index (χ4v) is 3.40. The normalized spacial score (nSPS) is 10.8. The number of halogens is 2. The van der Waals surface area contributed by atoms with E-state index in [1.807, 2.05) is 0 Å². The van der Waals surface area contributed by atoms with Crippen molar-refractivity contribution in [1.29, 1.82) is 0 Å². The molecule has 122 valence electrons. The maximum atomic E-state index is 12.0. The number of anilines is 2. The Labute approximate surface area is 151 Å². The van der Waals surface area contributed by atoms with E-state index < -0.39 is 16.2 Å². The van der Waals surface area contributed by atoms with Crippen LogP contribution in [0.2, 0.25) is 0 Å². The van der Waals surface area contributed by atoms with Gasteiger partial charge in [-0.1, -0.05) is 12.1 Å².